The monoisotopic (exact) mass is 313 g/mol. The molecule has 0 bridgehead atoms. The Morgan fingerprint density at radius 2 is 2.00 bits per heavy atom. The summed E-state index contributed by atoms with van der Waals surface area (Å²) in [6, 6.07) is 11.0. The Balaban J connectivity index is 1.72. The maximum Gasteiger partial charge on any atom is 0.320 e. The predicted molar refractivity (Wildman–Crippen MR) is 85.5 cm³/mol. The number of benzene rings is 1. The summed E-state index contributed by atoms with van der Waals surface area (Å²) in [6.07, 6.45) is 2.80. The summed E-state index contributed by atoms with van der Waals surface area (Å²) in [5.41, 5.74) is 1.95. The molecule has 7 nitrogen and oxygen atoms in total. The molecule has 23 heavy (non-hydrogen) atoms. The molecule has 0 aliphatic heterocycles. The number of anilines is 1. The average molecular weight is 313 g/mol. The normalized spacial score (nSPS) is 10.1. The van der Waals surface area contributed by atoms with Gasteiger partial charge < -0.3 is 10.4 Å². The van der Waals surface area contributed by atoms with Crippen LogP contribution in [-0.2, 0) is 19.6 Å². The molecule has 1 aromatic heterocycles. The number of aliphatic hydroxyl groups is 1. The second-order valence-corrected chi connectivity index (χ2v) is 4.98. The Hall–Kier alpha value is -2.85. The number of carbonyl (C=O) groups excluding carboxylic acids is 1. The summed E-state index contributed by atoms with van der Waals surface area (Å²) in [6.45, 7) is 1.03. The molecule has 3 N–H and O–H groups in total. The van der Waals surface area contributed by atoms with E-state index in [2.05, 4.69) is 15.7 Å². The SMILES string of the molecule is N#CCCn1ccc(NC(=O)NCCc2ccc(CO)cc2)n1. The number of urea groups is 1. The zero-order valence-corrected chi connectivity index (χ0v) is 12.7. The minimum absolute atomic E-state index is 0.0297. The number of aromatic nitrogens is 2. The van der Waals surface area contributed by atoms with Crippen LogP contribution >= 0.6 is 0 Å². The first kappa shape index (κ1) is 16.5. The molecule has 0 saturated carbocycles. The molecule has 2 aromatic rings. The highest BCUT2D eigenvalue weighted by Crippen LogP contribution is 2.05. The quantitative estimate of drug-likeness (QED) is 0.723. The average Bonchev–Trinajstić information content (AvgIpc) is 3.01. The van der Waals surface area contributed by atoms with E-state index in [4.69, 9.17) is 10.4 Å². The third kappa shape index (κ3) is 5.45. The number of nitriles is 1. The Kier molecular flexibility index (Phi) is 6.15. The van der Waals surface area contributed by atoms with Crippen molar-refractivity contribution in [2.75, 3.05) is 11.9 Å². The lowest BCUT2D eigenvalue weighted by Crippen LogP contribution is -2.30. The molecule has 0 fully saturated rings. The summed E-state index contributed by atoms with van der Waals surface area (Å²) in [5, 5.41) is 27.0. The van der Waals surface area contributed by atoms with Crippen LogP contribution in [0.2, 0.25) is 0 Å². The first-order valence-corrected chi connectivity index (χ1v) is 7.35. The molecule has 0 aliphatic carbocycles. The third-order valence-corrected chi connectivity index (χ3v) is 3.24. The Morgan fingerprint density at radius 3 is 2.70 bits per heavy atom. The van der Waals surface area contributed by atoms with Crippen LogP contribution in [0.4, 0.5) is 10.6 Å². The van der Waals surface area contributed by atoms with Crippen LogP contribution in [-0.4, -0.2) is 27.5 Å². The van der Waals surface area contributed by atoms with E-state index in [-0.39, 0.29) is 12.6 Å². The van der Waals surface area contributed by atoms with Crippen LogP contribution < -0.4 is 10.6 Å². The Bertz CT molecular complexity index is 673. The molecular weight excluding hydrogens is 294 g/mol. The van der Waals surface area contributed by atoms with Gasteiger partial charge in [-0.25, -0.2) is 4.79 Å². The molecule has 0 saturated heterocycles. The van der Waals surface area contributed by atoms with Crippen molar-refractivity contribution in [2.45, 2.75) is 26.0 Å². The first-order chi connectivity index (χ1) is 11.2. The zero-order chi connectivity index (χ0) is 16.5. The number of carbonyl (C=O) groups is 1. The molecule has 1 heterocycles. The van der Waals surface area contributed by atoms with Crippen LogP contribution in [0.25, 0.3) is 0 Å². The van der Waals surface area contributed by atoms with Gasteiger partial charge in [-0.2, -0.15) is 10.4 Å². The summed E-state index contributed by atoms with van der Waals surface area (Å²) in [5.74, 6) is 0.452. The maximum atomic E-state index is 11.8. The van der Waals surface area contributed by atoms with Gasteiger partial charge >= 0.3 is 6.03 Å². The van der Waals surface area contributed by atoms with Crippen LogP contribution in [0.3, 0.4) is 0 Å². The summed E-state index contributed by atoms with van der Waals surface area (Å²) in [7, 11) is 0. The van der Waals surface area contributed by atoms with Gasteiger partial charge in [-0.15, -0.1) is 0 Å². The van der Waals surface area contributed by atoms with E-state index in [1.165, 1.54) is 0 Å². The lowest BCUT2D eigenvalue weighted by Gasteiger charge is -2.06. The summed E-state index contributed by atoms with van der Waals surface area (Å²) >= 11 is 0. The van der Waals surface area contributed by atoms with Gasteiger partial charge in [-0.1, -0.05) is 24.3 Å². The molecule has 0 spiro atoms. The maximum absolute atomic E-state index is 11.8. The molecule has 2 rings (SSSR count). The summed E-state index contributed by atoms with van der Waals surface area (Å²) in [4.78, 5) is 11.8. The van der Waals surface area contributed by atoms with Crippen molar-refractivity contribution in [3.63, 3.8) is 0 Å². The van der Waals surface area contributed by atoms with Gasteiger partial charge in [0.25, 0.3) is 0 Å². The fourth-order valence-corrected chi connectivity index (χ4v) is 2.01. The number of aliphatic hydroxyl groups excluding tert-OH is 1. The zero-order valence-electron chi connectivity index (χ0n) is 12.7. The number of aryl methyl sites for hydroxylation is 1. The molecule has 1 aromatic carbocycles. The van der Waals surface area contributed by atoms with E-state index in [0.29, 0.717) is 31.7 Å². The van der Waals surface area contributed by atoms with Crippen LogP contribution in [0.15, 0.2) is 36.5 Å². The number of nitrogens with one attached hydrogen (secondary N) is 2. The smallest absolute Gasteiger partial charge is 0.320 e. The standard InChI is InChI=1S/C16H19N5O2/c17-8-1-10-21-11-7-15(20-21)19-16(23)18-9-6-13-2-4-14(12-22)5-3-13/h2-5,7,11,22H,1,6,9-10,12H2,(H2,18,19,20,23). The second kappa shape index (κ2) is 8.56. The fraction of sp³-hybridized carbons (Fsp3) is 0.312. The van der Waals surface area contributed by atoms with Gasteiger partial charge in [0, 0.05) is 18.8 Å². The van der Waals surface area contributed by atoms with Gasteiger partial charge in [0.15, 0.2) is 5.82 Å². The molecule has 0 atom stereocenters. The van der Waals surface area contributed by atoms with Crippen molar-refractivity contribution >= 4 is 11.8 Å². The van der Waals surface area contributed by atoms with E-state index in [1.54, 1.807) is 16.9 Å². The first-order valence-electron chi connectivity index (χ1n) is 7.35. The number of amides is 2. The second-order valence-electron chi connectivity index (χ2n) is 4.98. The number of hydrogen-bond donors (Lipinski definition) is 3. The van der Waals surface area contributed by atoms with E-state index in [0.717, 1.165) is 11.1 Å². The fourth-order valence-electron chi connectivity index (χ4n) is 2.01. The van der Waals surface area contributed by atoms with Crippen molar-refractivity contribution in [1.82, 2.24) is 15.1 Å². The van der Waals surface area contributed by atoms with E-state index >= 15 is 0 Å². The number of rotatable bonds is 7. The van der Waals surface area contributed by atoms with Crippen molar-refractivity contribution in [2.24, 2.45) is 0 Å². The highest BCUT2D eigenvalue weighted by molar-refractivity contribution is 5.88. The third-order valence-electron chi connectivity index (χ3n) is 3.24. The minimum Gasteiger partial charge on any atom is -0.392 e. The lowest BCUT2D eigenvalue weighted by molar-refractivity contribution is 0.252. The lowest BCUT2D eigenvalue weighted by atomic mass is 10.1. The molecule has 120 valence electrons. The van der Waals surface area contributed by atoms with Gasteiger partial charge in [-0.05, 0) is 17.5 Å². The summed E-state index contributed by atoms with van der Waals surface area (Å²) < 4.78 is 1.61. The Morgan fingerprint density at radius 1 is 1.26 bits per heavy atom. The molecule has 2 amide bonds. The molecular formula is C16H19N5O2. The van der Waals surface area contributed by atoms with Crippen molar-refractivity contribution in [3.05, 3.63) is 47.7 Å². The van der Waals surface area contributed by atoms with E-state index in [1.807, 2.05) is 30.3 Å². The Labute approximate surface area is 134 Å². The number of nitrogens with zero attached hydrogens (tertiary/aromatic N) is 3. The molecule has 0 radical (unpaired) electrons. The largest absolute Gasteiger partial charge is 0.392 e. The van der Waals surface area contributed by atoms with E-state index < -0.39 is 0 Å². The molecule has 0 aliphatic rings. The molecule has 7 heteroatoms. The van der Waals surface area contributed by atoms with Crippen molar-refractivity contribution in [1.29, 1.82) is 5.26 Å². The van der Waals surface area contributed by atoms with Gasteiger partial charge in [-0.3, -0.25) is 10.00 Å². The van der Waals surface area contributed by atoms with Crippen LogP contribution in [0.1, 0.15) is 17.5 Å². The van der Waals surface area contributed by atoms with E-state index in [9.17, 15) is 4.79 Å². The molecule has 0 unspecified atom stereocenters. The van der Waals surface area contributed by atoms with Crippen molar-refractivity contribution < 1.29 is 9.90 Å². The topological polar surface area (TPSA) is 103 Å². The minimum atomic E-state index is -0.317. The highest BCUT2D eigenvalue weighted by atomic mass is 16.3. The van der Waals surface area contributed by atoms with Crippen molar-refractivity contribution in [3.8, 4) is 6.07 Å². The predicted octanol–water partition coefficient (Wildman–Crippen LogP) is 1.65. The van der Waals surface area contributed by atoms with Gasteiger partial charge in [0.1, 0.15) is 0 Å². The van der Waals surface area contributed by atoms with Crippen LogP contribution in [0, 0.1) is 11.3 Å². The van der Waals surface area contributed by atoms with Gasteiger partial charge in [0.05, 0.1) is 25.6 Å². The van der Waals surface area contributed by atoms with Crippen LogP contribution in [0.5, 0.6) is 0 Å². The highest BCUT2D eigenvalue weighted by Gasteiger charge is 2.04. The number of hydrogen-bond acceptors (Lipinski definition) is 4. The van der Waals surface area contributed by atoms with Gasteiger partial charge in [0.2, 0.25) is 0 Å².